The molecule has 1 rings (SSSR count). The van der Waals surface area contributed by atoms with Gasteiger partial charge in [-0.25, -0.2) is 0 Å². The van der Waals surface area contributed by atoms with E-state index in [1.54, 1.807) is 0 Å². The smallest absolute Gasteiger partial charge is 0.222 e. The Balaban J connectivity index is 2.17. The van der Waals surface area contributed by atoms with Crippen molar-refractivity contribution in [3.05, 3.63) is 24.3 Å². The summed E-state index contributed by atoms with van der Waals surface area (Å²) in [6.45, 7) is 11.6. The van der Waals surface area contributed by atoms with Gasteiger partial charge in [0, 0.05) is 25.9 Å². The van der Waals surface area contributed by atoms with Gasteiger partial charge in [-0.3, -0.25) is 4.79 Å². The molecule has 0 aliphatic carbocycles. The molecule has 0 aromatic carbocycles. The molecule has 1 heterocycles. The Morgan fingerprint density at radius 1 is 0.521 bits per heavy atom. The van der Waals surface area contributed by atoms with Crippen LogP contribution in [0.4, 0.5) is 0 Å². The molecule has 1 fully saturated rings. The summed E-state index contributed by atoms with van der Waals surface area (Å²) in [7, 11) is 2.37. The highest BCUT2D eigenvalue weighted by atomic mass is 16.5. The van der Waals surface area contributed by atoms with Crippen LogP contribution in [-0.4, -0.2) is 68.3 Å². The zero-order valence-corrected chi connectivity index (χ0v) is 33.0. The number of hydrogen-bond acceptors (Lipinski definition) is 2. The summed E-state index contributed by atoms with van der Waals surface area (Å²) in [5, 5.41) is 0. The lowest BCUT2D eigenvalue weighted by atomic mass is 10.1. The van der Waals surface area contributed by atoms with Crippen LogP contribution in [0.2, 0.25) is 0 Å². The third-order valence-corrected chi connectivity index (χ3v) is 10.6. The molecule has 0 spiro atoms. The molecule has 0 N–H and O–H groups in total. The average molecular weight is 674 g/mol. The second-order valence-corrected chi connectivity index (χ2v) is 15.4. The number of likely N-dealkylation sites (N-methyl/N-ethyl adjacent to an activating group) is 1. The maximum Gasteiger partial charge on any atom is 0.222 e. The highest BCUT2D eigenvalue weighted by Gasteiger charge is 2.25. The molecular weight excluding hydrogens is 588 g/mol. The summed E-state index contributed by atoms with van der Waals surface area (Å²) in [6, 6.07) is 0. The molecule has 1 saturated heterocycles. The van der Waals surface area contributed by atoms with E-state index in [0.29, 0.717) is 5.91 Å². The largest absolute Gasteiger partial charge is 0.370 e. The van der Waals surface area contributed by atoms with E-state index >= 15 is 0 Å². The molecule has 1 amide bonds. The number of morpholine rings is 1. The maximum absolute atomic E-state index is 13.3. The average Bonchev–Trinajstić information content (AvgIpc) is 3.09. The van der Waals surface area contributed by atoms with Crippen LogP contribution in [0, 0.1) is 0 Å². The van der Waals surface area contributed by atoms with Gasteiger partial charge in [0.15, 0.2) is 0 Å². The lowest BCUT2D eigenvalue weighted by molar-refractivity contribution is -0.917. The number of carbonyl (C=O) groups is 1. The molecular formula is C44H85N2O2+. The molecule has 0 saturated carbocycles. The number of carbonyl (C=O) groups excluding carboxylic acids is 1. The van der Waals surface area contributed by atoms with Crippen LogP contribution in [0.15, 0.2) is 24.3 Å². The number of amides is 1. The first-order chi connectivity index (χ1) is 23.6. The van der Waals surface area contributed by atoms with Crippen molar-refractivity contribution in [2.75, 3.05) is 53.0 Å². The highest BCUT2D eigenvalue weighted by Crippen LogP contribution is 2.15. The van der Waals surface area contributed by atoms with Crippen molar-refractivity contribution in [3.8, 4) is 0 Å². The van der Waals surface area contributed by atoms with E-state index in [1.807, 2.05) is 0 Å². The molecule has 0 aromatic rings. The number of ether oxygens (including phenoxy) is 1. The zero-order valence-electron chi connectivity index (χ0n) is 33.0. The van der Waals surface area contributed by atoms with Gasteiger partial charge in [0.05, 0.1) is 26.8 Å². The molecule has 0 unspecified atom stereocenters. The van der Waals surface area contributed by atoms with Crippen LogP contribution in [0.3, 0.4) is 0 Å². The van der Waals surface area contributed by atoms with Crippen molar-refractivity contribution in [1.82, 2.24) is 4.90 Å². The Bertz CT molecular complexity index is 742. The first-order valence-electron chi connectivity index (χ1n) is 21.6. The number of nitrogens with zero attached hydrogens (tertiary/aromatic N) is 2. The van der Waals surface area contributed by atoms with E-state index < -0.39 is 0 Å². The third kappa shape index (κ3) is 28.7. The molecule has 0 atom stereocenters. The number of hydrogen-bond donors (Lipinski definition) is 0. The van der Waals surface area contributed by atoms with Gasteiger partial charge < -0.3 is 14.1 Å². The van der Waals surface area contributed by atoms with E-state index in [0.717, 1.165) is 76.1 Å². The van der Waals surface area contributed by atoms with E-state index in [1.165, 1.54) is 161 Å². The predicted octanol–water partition coefficient (Wildman–Crippen LogP) is 12.8. The minimum atomic E-state index is 0.407. The SMILES string of the molecule is CCCCCCCC/C=C/CCCCCCCCN(CCC[N+]1(C)CCOCC1)C(=O)CCCCCCC/C=C/CCCCCCCC. The normalized spacial score (nSPS) is 14.8. The Hall–Kier alpha value is -1.13. The van der Waals surface area contributed by atoms with Crippen molar-refractivity contribution in [2.45, 2.75) is 200 Å². The van der Waals surface area contributed by atoms with Crippen LogP contribution < -0.4 is 0 Å². The van der Waals surface area contributed by atoms with Gasteiger partial charge in [0.25, 0.3) is 0 Å². The van der Waals surface area contributed by atoms with Crippen molar-refractivity contribution in [3.63, 3.8) is 0 Å². The van der Waals surface area contributed by atoms with Gasteiger partial charge in [-0.1, -0.05) is 147 Å². The van der Waals surface area contributed by atoms with Crippen LogP contribution in [0.25, 0.3) is 0 Å². The van der Waals surface area contributed by atoms with E-state index in [-0.39, 0.29) is 0 Å². The topological polar surface area (TPSA) is 29.5 Å². The van der Waals surface area contributed by atoms with Gasteiger partial charge in [0.2, 0.25) is 5.91 Å². The standard InChI is InChI=1S/C44H85N2O2/c1-4-6-8-10-12-14-16-18-20-22-24-26-28-30-32-34-37-45(38-35-39-46(3)40-42-48-43-41-46)44(47)36-33-31-29-27-25-23-21-19-17-15-13-11-9-7-5-2/h18-21H,4-17,22-43H2,1-3H3/q+1/b20-18+,21-19+. The van der Waals surface area contributed by atoms with Crippen LogP contribution in [-0.2, 0) is 9.53 Å². The van der Waals surface area contributed by atoms with Gasteiger partial charge in [-0.05, 0) is 64.2 Å². The Morgan fingerprint density at radius 3 is 1.35 bits per heavy atom. The Kier molecular flexibility index (Phi) is 32.1. The molecule has 48 heavy (non-hydrogen) atoms. The molecule has 1 aliphatic heterocycles. The lowest BCUT2D eigenvalue weighted by Crippen LogP contribution is -2.53. The summed E-state index contributed by atoms with van der Waals surface area (Å²) in [4.78, 5) is 15.5. The molecule has 282 valence electrons. The molecule has 0 radical (unpaired) electrons. The molecule has 1 aliphatic rings. The molecule has 0 aromatic heterocycles. The first-order valence-corrected chi connectivity index (χ1v) is 21.6. The summed E-state index contributed by atoms with van der Waals surface area (Å²) >= 11 is 0. The Labute approximate surface area is 301 Å². The van der Waals surface area contributed by atoms with Crippen LogP contribution in [0.1, 0.15) is 200 Å². The number of unbranched alkanes of at least 4 members (excludes halogenated alkanes) is 23. The quantitative estimate of drug-likeness (QED) is 0.0381. The van der Waals surface area contributed by atoms with Crippen molar-refractivity contribution in [2.24, 2.45) is 0 Å². The summed E-state index contributed by atoms with van der Waals surface area (Å²) in [5.41, 5.74) is 0. The van der Waals surface area contributed by atoms with Crippen molar-refractivity contribution >= 4 is 5.91 Å². The van der Waals surface area contributed by atoms with Gasteiger partial charge in [0.1, 0.15) is 13.1 Å². The third-order valence-electron chi connectivity index (χ3n) is 10.6. The fourth-order valence-electron chi connectivity index (χ4n) is 7.07. The number of allylic oxidation sites excluding steroid dienone is 4. The molecule has 0 bridgehead atoms. The monoisotopic (exact) mass is 674 g/mol. The summed E-state index contributed by atoms with van der Waals surface area (Å²) in [5.74, 6) is 0.407. The molecule has 4 heteroatoms. The number of rotatable bonds is 35. The Morgan fingerprint density at radius 2 is 0.896 bits per heavy atom. The minimum absolute atomic E-state index is 0.407. The van der Waals surface area contributed by atoms with E-state index in [4.69, 9.17) is 4.74 Å². The van der Waals surface area contributed by atoms with Gasteiger partial charge in [-0.15, -0.1) is 0 Å². The molecule has 4 nitrogen and oxygen atoms in total. The number of quaternary nitrogens is 1. The summed E-state index contributed by atoms with van der Waals surface area (Å²) in [6.07, 6.45) is 47.0. The van der Waals surface area contributed by atoms with Crippen LogP contribution in [0.5, 0.6) is 0 Å². The maximum atomic E-state index is 13.3. The van der Waals surface area contributed by atoms with Gasteiger partial charge >= 0.3 is 0 Å². The van der Waals surface area contributed by atoms with E-state index in [9.17, 15) is 4.79 Å². The van der Waals surface area contributed by atoms with Crippen LogP contribution >= 0.6 is 0 Å². The van der Waals surface area contributed by atoms with Crippen molar-refractivity contribution in [1.29, 1.82) is 0 Å². The first kappa shape index (κ1) is 44.9. The zero-order chi connectivity index (χ0) is 34.6. The minimum Gasteiger partial charge on any atom is -0.370 e. The summed E-state index contributed by atoms with van der Waals surface area (Å²) < 4.78 is 6.70. The van der Waals surface area contributed by atoms with E-state index in [2.05, 4.69) is 50.1 Å². The second-order valence-electron chi connectivity index (χ2n) is 15.4. The highest BCUT2D eigenvalue weighted by molar-refractivity contribution is 5.76. The lowest BCUT2D eigenvalue weighted by Gasteiger charge is -2.38. The predicted molar refractivity (Wildman–Crippen MR) is 212 cm³/mol. The second kappa shape index (κ2) is 34.3. The van der Waals surface area contributed by atoms with Gasteiger partial charge in [-0.2, -0.15) is 0 Å². The van der Waals surface area contributed by atoms with Crippen molar-refractivity contribution < 1.29 is 14.0 Å². The fraction of sp³-hybridized carbons (Fsp3) is 0.886. The fourth-order valence-corrected chi connectivity index (χ4v) is 7.07.